The molecule has 2 aromatic rings. The predicted octanol–water partition coefficient (Wildman–Crippen LogP) is 1.84. The van der Waals surface area contributed by atoms with E-state index in [0.29, 0.717) is 12.0 Å². The maximum atomic E-state index is 5.63. The molecule has 0 unspecified atom stereocenters. The van der Waals surface area contributed by atoms with E-state index < -0.39 is 0 Å². The number of nitrogens with one attached hydrogen (secondary N) is 1. The van der Waals surface area contributed by atoms with Gasteiger partial charge in [0.15, 0.2) is 0 Å². The van der Waals surface area contributed by atoms with E-state index in [4.69, 9.17) is 9.47 Å². The molecule has 0 spiro atoms. The number of thiophene rings is 1. The topological polar surface area (TPSA) is 59.5 Å². The van der Waals surface area contributed by atoms with E-state index in [1.807, 2.05) is 0 Å². The maximum Gasteiger partial charge on any atom is 0.138 e. The van der Waals surface area contributed by atoms with Gasteiger partial charge in [0, 0.05) is 38.2 Å². The Hall–Kier alpha value is -1.28. The third-order valence-corrected chi connectivity index (χ3v) is 5.58. The minimum Gasteiger partial charge on any atom is -0.381 e. The summed E-state index contributed by atoms with van der Waals surface area (Å²) in [5, 5.41) is 6.74. The minimum absolute atomic E-state index is 0.463. The molecule has 0 saturated carbocycles. The van der Waals surface area contributed by atoms with Gasteiger partial charge in [0.25, 0.3) is 0 Å². The summed E-state index contributed by atoms with van der Waals surface area (Å²) in [6.45, 7) is 6.28. The van der Waals surface area contributed by atoms with Crippen molar-refractivity contribution in [3.05, 3.63) is 17.8 Å². The molecule has 1 N–H and O–H groups in total. The van der Waals surface area contributed by atoms with Gasteiger partial charge in [-0.25, -0.2) is 9.97 Å². The molecule has 0 amide bonds. The first kappa shape index (κ1) is 15.3. The number of hydrogen-bond acceptors (Lipinski definition) is 7. The summed E-state index contributed by atoms with van der Waals surface area (Å²) in [4.78, 5) is 12.3. The maximum absolute atomic E-state index is 5.63. The number of nitrogens with zero attached hydrogens (tertiary/aromatic N) is 3. The lowest BCUT2D eigenvalue weighted by atomic mass is 9.97. The molecule has 2 aliphatic rings. The van der Waals surface area contributed by atoms with E-state index in [9.17, 15) is 0 Å². The molecular weight excluding hydrogens is 312 g/mol. The smallest absolute Gasteiger partial charge is 0.138 e. The van der Waals surface area contributed by atoms with Crippen LogP contribution in [0.4, 0.5) is 5.82 Å². The monoisotopic (exact) mass is 334 g/mol. The molecule has 0 aromatic carbocycles. The molecule has 6 nitrogen and oxygen atoms in total. The Morgan fingerprint density at radius 2 is 2.17 bits per heavy atom. The second-order valence-corrected chi connectivity index (χ2v) is 6.98. The molecule has 2 atom stereocenters. The van der Waals surface area contributed by atoms with Gasteiger partial charge in [0.1, 0.15) is 17.0 Å². The second-order valence-electron chi connectivity index (χ2n) is 6.08. The Bertz CT molecular complexity index is 638. The third kappa shape index (κ3) is 3.33. The molecule has 2 aliphatic heterocycles. The Labute approximate surface area is 139 Å². The lowest BCUT2D eigenvalue weighted by Crippen LogP contribution is -2.50. The Morgan fingerprint density at radius 1 is 1.26 bits per heavy atom. The van der Waals surface area contributed by atoms with Crippen molar-refractivity contribution in [2.45, 2.75) is 12.5 Å². The predicted molar refractivity (Wildman–Crippen MR) is 91.0 cm³/mol. The van der Waals surface area contributed by atoms with Crippen molar-refractivity contribution < 1.29 is 9.47 Å². The SMILES string of the molecule is c1nc(NC[C@H]([C@H]2CCOC2)N2CCOCC2)c2ccsc2n1. The van der Waals surface area contributed by atoms with Crippen molar-refractivity contribution in [3.8, 4) is 0 Å². The fourth-order valence-corrected chi connectivity index (χ4v) is 4.22. The lowest BCUT2D eigenvalue weighted by molar-refractivity contribution is 0.00460. The molecule has 2 aromatic heterocycles. The lowest BCUT2D eigenvalue weighted by Gasteiger charge is -2.37. The first-order valence-corrected chi connectivity index (χ1v) is 9.11. The average molecular weight is 334 g/mol. The van der Waals surface area contributed by atoms with Crippen LogP contribution >= 0.6 is 11.3 Å². The number of hydrogen-bond donors (Lipinski definition) is 1. The summed E-state index contributed by atoms with van der Waals surface area (Å²) in [6.07, 6.45) is 2.78. The van der Waals surface area contributed by atoms with Crippen molar-refractivity contribution in [3.63, 3.8) is 0 Å². The van der Waals surface area contributed by atoms with E-state index in [1.54, 1.807) is 17.7 Å². The van der Waals surface area contributed by atoms with Crippen LogP contribution < -0.4 is 5.32 Å². The van der Waals surface area contributed by atoms with E-state index in [1.165, 1.54) is 0 Å². The van der Waals surface area contributed by atoms with Crippen LogP contribution in [0.1, 0.15) is 6.42 Å². The normalized spacial score (nSPS) is 24.1. The standard InChI is InChI=1S/C16H22N4O2S/c1-5-22-10-12(1)14(20-3-6-21-7-4-20)9-17-15-13-2-8-23-16(13)19-11-18-15/h2,8,11-12,14H,1,3-7,9-10H2,(H,17,18,19)/t12-,14+/m0/s1. The molecule has 4 heterocycles. The summed E-state index contributed by atoms with van der Waals surface area (Å²) >= 11 is 1.65. The molecule has 0 radical (unpaired) electrons. The van der Waals surface area contributed by atoms with Crippen LogP contribution in [0.3, 0.4) is 0 Å². The van der Waals surface area contributed by atoms with Crippen LogP contribution in [0.25, 0.3) is 10.2 Å². The molecule has 0 aliphatic carbocycles. The molecule has 2 fully saturated rings. The first-order chi connectivity index (χ1) is 11.4. The zero-order valence-electron chi connectivity index (χ0n) is 13.1. The number of aromatic nitrogens is 2. The fraction of sp³-hybridized carbons (Fsp3) is 0.625. The van der Waals surface area contributed by atoms with Gasteiger partial charge in [-0.1, -0.05) is 0 Å². The van der Waals surface area contributed by atoms with E-state index in [0.717, 1.165) is 68.5 Å². The zero-order valence-corrected chi connectivity index (χ0v) is 13.9. The first-order valence-electron chi connectivity index (χ1n) is 8.23. The molecular formula is C16H22N4O2S. The highest BCUT2D eigenvalue weighted by Gasteiger charge is 2.31. The van der Waals surface area contributed by atoms with Gasteiger partial charge in [0.2, 0.25) is 0 Å². The van der Waals surface area contributed by atoms with Gasteiger partial charge in [-0.15, -0.1) is 11.3 Å². The fourth-order valence-electron chi connectivity index (χ4n) is 3.49. The molecule has 2 saturated heterocycles. The van der Waals surface area contributed by atoms with Crippen LogP contribution in [0, 0.1) is 5.92 Å². The van der Waals surface area contributed by atoms with Gasteiger partial charge in [-0.2, -0.15) is 0 Å². The quantitative estimate of drug-likeness (QED) is 0.900. The summed E-state index contributed by atoms with van der Waals surface area (Å²) in [5.74, 6) is 1.52. The minimum atomic E-state index is 0.463. The number of ether oxygens (including phenoxy) is 2. The van der Waals surface area contributed by atoms with Gasteiger partial charge >= 0.3 is 0 Å². The van der Waals surface area contributed by atoms with E-state index >= 15 is 0 Å². The van der Waals surface area contributed by atoms with Crippen molar-refractivity contribution in [2.75, 3.05) is 51.4 Å². The highest BCUT2D eigenvalue weighted by Crippen LogP contribution is 2.26. The van der Waals surface area contributed by atoms with Crippen LogP contribution in [-0.4, -0.2) is 67.0 Å². The second kappa shape index (κ2) is 7.09. The summed E-state index contributed by atoms with van der Waals surface area (Å²) in [7, 11) is 0. The van der Waals surface area contributed by atoms with Crippen LogP contribution in [-0.2, 0) is 9.47 Å². The van der Waals surface area contributed by atoms with E-state index in [2.05, 4.69) is 31.6 Å². The molecule has 4 rings (SSSR count). The number of anilines is 1. The number of morpholine rings is 1. The molecule has 0 bridgehead atoms. The van der Waals surface area contributed by atoms with Gasteiger partial charge in [-0.3, -0.25) is 4.90 Å². The van der Waals surface area contributed by atoms with Gasteiger partial charge in [-0.05, 0) is 17.9 Å². The Kier molecular flexibility index (Phi) is 4.70. The molecule has 124 valence electrons. The highest BCUT2D eigenvalue weighted by molar-refractivity contribution is 7.16. The van der Waals surface area contributed by atoms with Gasteiger partial charge < -0.3 is 14.8 Å². The summed E-state index contributed by atoms with van der Waals surface area (Å²) < 4.78 is 11.1. The van der Waals surface area contributed by atoms with Crippen LogP contribution in [0.2, 0.25) is 0 Å². The summed E-state index contributed by atoms with van der Waals surface area (Å²) in [6, 6.07) is 2.55. The average Bonchev–Trinajstić information content (AvgIpc) is 3.28. The van der Waals surface area contributed by atoms with Crippen molar-refractivity contribution >= 4 is 27.4 Å². The molecule has 23 heavy (non-hydrogen) atoms. The van der Waals surface area contributed by atoms with Crippen molar-refractivity contribution in [2.24, 2.45) is 5.92 Å². The molecule has 7 heteroatoms. The summed E-state index contributed by atoms with van der Waals surface area (Å²) in [5.41, 5.74) is 0. The van der Waals surface area contributed by atoms with Crippen molar-refractivity contribution in [1.82, 2.24) is 14.9 Å². The number of fused-ring (bicyclic) bond motifs is 1. The highest BCUT2D eigenvalue weighted by atomic mass is 32.1. The third-order valence-electron chi connectivity index (χ3n) is 4.76. The Morgan fingerprint density at radius 3 is 3.00 bits per heavy atom. The number of rotatable bonds is 5. The van der Waals surface area contributed by atoms with Crippen LogP contribution in [0.15, 0.2) is 17.8 Å². The van der Waals surface area contributed by atoms with E-state index in [-0.39, 0.29) is 0 Å². The van der Waals surface area contributed by atoms with Crippen molar-refractivity contribution in [1.29, 1.82) is 0 Å². The van der Waals surface area contributed by atoms with Crippen LogP contribution in [0.5, 0.6) is 0 Å². The zero-order chi connectivity index (χ0) is 15.5. The van der Waals surface area contributed by atoms with Gasteiger partial charge in [0.05, 0.1) is 25.2 Å². The largest absolute Gasteiger partial charge is 0.381 e. The Balaban J connectivity index is 1.49.